The van der Waals surface area contributed by atoms with E-state index in [1.54, 1.807) is 18.3 Å². The fraction of sp³-hybridized carbons (Fsp3) is 0.158. The van der Waals surface area contributed by atoms with Crippen molar-refractivity contribution in [2.45, 2.75) is 19.5 Å². The van der Waals surface area contributed by atoms with Gasteiger partial charge in [0.05, 0.1) is 17.8 Å². The molecular weight excluding hydrogens is 346 g/mol. The molecule has 0 saturated heterocycles. The van der Waals surface area contributed by atoms with Crippen LogP contribution in [0.2, 0.25) is 0 Å². The molecule has 2 aromatic heterocycles. The largest absolute Gasteiger partial charge is 0.417 e. The molecule has 2 N–H and O–H groups in total. The smallest absolute Gasteiger partial charge is 0.408 e. The summed E-state index contributed by atoms with van der Waals surface area (Å²) in [5.74, 6) is -0.693. The van der Waals surface area contributed by atoms with Crippen molar-refractivity contribution >= 4 is 17.0 Å². The van der Waals surface area contributed by atoms with E-state index in [1.807, 2.05) is 43.3 Å². The summed E-state index contributed by atoms with van der Waals surface area (Å²) >= 11 is 0. The summed E-state index contributed by atoms with van der Waals surface area (Å²) in [6, 6.07) is 14.7. The molecule has 0 aliphatic heterocycles. The summed E-state index contributed by atoms with van der Waals surface area (Å²) in [7, 11) is 0. The molecule has 0 saturated carbocycles. The first-order chi connectivity index (χ1) is 13.1. The van der Waals surface area contributed by atoms with Gasteiger partial charge in [-0.05, 0) is 24.6 Å². The maximum Gasteiger partial charge on any atom is 0.417 e. The second-order valence-electron chi connectivity index (χ2n) is 6.23. The minimum atomic E-state index is -0.501. The Labute approximate surface area is 153 Å². The number of carbonyl (C=O) groups is 1. The van der Waals surface area contributed by atoms with E-state index in [0.717, 1.165) is 11.1 Å². The Morgan fingerprint density at radius 3 is 2.89 bits per heavy atom. The molecule has 8 heteroatoms. The van der Waals surface area contributed by atoms with E-state index in [2.05, 4.69) is 20.6 Å². The third kappa shape index (κ3) is 3.64. The molecule has 0 radical (unpaired) electrons. The molecule has 0 bridgehead atoms. The van der Waals surface area contributed by atoms with Crippen LogP contribution in [0.4, 0.5) is 0 Å². The minimum Gasteiger partial charge on any atom is -0.408 e. The van der Waals surface area contributed by atoms with Crippen molar-refractivity contribution in [1.29, 1.82) is 0 Å². The van der Waals surface area contributed by atoms with E-state index in [9.17, 15) is 9.59 Å². The highest BCUT2D eigenvalue weighted by atomic mass is 16.4. The number of fused-ring (bicyclic) bond motifs is 1. The van der Waals surface area contributed by atoms with Gasteiger partial charge in [-0.3, -0.25) is 9.78 Å². The van der Waals surface area contributed by atoms with E-state index in [4.69, 9.17) is 4.42 Å². The van der Waals surface area contributed by atoms with Crippen LogP contribution in [0.25, 0.3) is 22.4 Å². The summed E-state index contributed by atoms with van der Waals surface area (Å²) in [6.07, 6.45) is 1.74. The Morgan fingerprint density at radius 2 is 2.07 bits per heavy atom. The summed E-state index contributed by atoms with van der Waals surface area (Å²) in [5, 5.41) is 11.0. The molecular formula is C19H17N5O3. The number of H-pyrrole nitrogens is 1. The monoisotopic (exact) mass is 363 g/mol. The van der Waals surface area contributed by atoms with E-state index in [-0.39, 0.29) is 18.5 Å². The van der Waals surface area contributed by atoms with Crippen molar-refractivity contribution in [3.05, 3.63) is 70.8 Å². The molecule has 4 aromatic rings. The van der Waals surface area contributed by atoms with E-state index >= 15 is 0 Å². The van der Waals surface area contributed by atoms with Crippen LogP contribution in [-0.2, 0) is 11.3 Å². The van der Waals surface area contributed by atoms with Crippen molar-refractivity contribution in [3.8, 4) is 11.3 Å². The van der Waals surface area contributed by atoms with Crippen LogP contribution in [0.3, 0.4) is 0 Å². The van der Waals surface area contributed by atoms with Crippen LogP contribution in [0.5, 0.6) is 0 Å². The first kappa shape index (κ1) is 16.8. The number of oxazole rings is 1. The summed E-state index contributed by atoms with van der Waals surface area (Å²) < 4.78 is 6.56. The third-order valence-corrected chi connectivity index (χ3v) is 4.24. The topological polar surface area (TPSA) is 106 Å². The molecule has 0 fully saturated rings. The van der Waals surface area contributed by atoms with Gasteiger partial charge in [0, 0.05) is 5.56 Å². The predicted molar refractivity (Wildman–Crippen MR) is 98.9 cm³/mol. The number of aromatic amines is 1. The fourth-order valence-electron chi connectivity index (χ4n) is 2.87. The SMILES string of the molecule is CC(NC(=O)Cn1cc(-c2ccccc2)nn1)c1ccc2[nH]c(=O)oc2c1. The second kappa shape index (κ2) is 6.91. The number of hydrogen-bond acceptors (Lipinski definition) is 5. The quantitative estimate of drug-likeness (QED) is 0.566. The first-order valence-electron chi connectivity index (χ1n) is 8.46. The molecule has 0 aliphatic rings. The molecule has 1 atom stereocenters. The van der Waals surface area contributed by atoms with Crippen molar-refractivity contribution in [1.82, 2.24) is 25.3 Å². The average molecular weight is 363 g/mol. The molecule has 8 nitrogen and oxygen atoms in total. The Bertz CT molecular complexity index is 1140. The lowest BCUT2D eigenvalue weighted by atomic mass is 10.1. The highest BCUT2D eigenvalue weighted by Gasteiger charge is 2.13. The molecule has 0 spiro atoms. The van der Waals surface area contributed by atoms with E-state index in [0.29, 0.717) is 16.8 Å². The molecule has 2 aromatic carbocycles. The van der Waals surface area contributed by atoms with Crippen molar-refractivity contribution in [2.24, 2.45) is 0 Å². The predicted octanol–water partition coefficient (Wildman–Crippen LogP) is 2.26. The van der Waals surface area contributed by atoms with Crippen molar-refractivity contribution in [3.63, 3.8) is 0 Å². The molecule has 1 amide bonds. The van der Waals surface area contributed by atoms with Crippen LogP contribution in [-0.4, -0.2) is 25.9 Å². The number of benzene rings is 2. The van der Waals surface area contributed by atoms with Gasteiger partial charge in [0.1, 0.15) is 12.2 Å². The van der Waals surface area contributed by atoms with E-state index in [1.165, 1.54) is 4.68 Å². The molecule has 1 unspecified atom stereocenters. The number of amides is 1. The Morgan fingerprint density at radius 1 is 1.26 bits per heavy atom. The normalized spacial score (nSPS) is 12.2. The maximum atomic E-state index is 12.3. The van der Waals surface area contributed by atoms with Crippen molar-refractivity contribution in [2.75, 3.05) is 0 Å². The zero-order valence-electron chi connectivity index (χ0n) is 14.5. The Kier molecular flexibility index (Phi) is 4.29. The van der Waals surface area contributed by atoms with Gasteiger partial charge < -0.3 is 9.73 Å². The van der Waals surface area contributed by atoms with Gasteiger partial charge >= 0.3 is 5.76 Å². The zero-order chi connectivity index (χ0) is 18.8. The van der Waals surface area contributed by atoms with Gasteiger partial charge in [-0.2, -0.15) is 0 Å². The number of nitrogens with zero attached hydrogens (tertiary/aromatic N) is 3. The van der Waals surface area contributed by atoms with Crippen LogP contribution < -0.4 is 11.1 Å². The molecule has 0 aliphatic carbocycles. The van der Waals surface area contributed by atoms with Gasteiger partial charge in [-0.15, -0.1) is 5.10 Å². The molecule has 136 valence electrons. The van der Waals surface area contributed by atoms with Crippen LogP contribution in [0, 0.1) is 0 Å². The van der Waals surface area contributed by atoms with Gasteiger partial charge in [0.2, 0.25) is 5.91 Å². The third-order valence-electron chi connectivity index (χ3n) is 4.24. The lowest BCUT2D eigenvalue weighted by Gasteiger charge is -2.14. The Balaban J connectivity index is 1.42. The fourth-order valence-corrected chi connectivity index (χ4v) is 2.87. The highest BCUT2D eigenvalue weighted by Crippen LogP contribution is 2.18. The molecule has 2 heterocycles. The number of nitrogens with one attached hydrogen (secondary N) is 2. The van der Waals surface area contributed by atoms with Gasteiger partial charge in [0.15, 0.2) is 5.58 Å². The zero-order valence-corrected chi connectivity index (χ0v) is 14.5. The highest BCUT2D eigenvalue weighted by molar-refractivity contribution is 5.77. The Hall–Kier alpha value is -3.68. The number of hydrogen-bond donors (Lipinski definition) is 2. The summed E-state index contributed by atoms with van der Waals surface area (Å²) in [4.78, 5) is 26.2. The average Bonchev–Trinajstić information content (AvgIpc) is 3.27. The van der Waals surface area contributed by atoms with Crippen LogP contribution >= 0.6 is 0 Å². The molecule has 27 heavy (non-hydrogen) atoms. The summed E-state index contributed by atoms with van der Waals surface area (Å²) in [5.41, 5.74) is 3.58. The standard InChI is InChI=1S/C19H17N5O3/c1-12(14-7-8-15-17(9-14)27-19(26)21-15)20-18(25)11-24-10-16(22-23-24)13-5-3-2-4-6-13/h2-10,12H,11H2,1H3,(H,20,25)(H,21,26). The number of aromatic nitrogens is 4. The van der Waals surface area contributed by atoms with Crippen LogP contribution in [0.15, 0.2) is 63.9 Å². The summed E-state index contributed by atoms with van der Waals surface area (Å²) in [6.45, 7) is 1.92. The second-order valence-corrected chi connectivity index (χ2v) is 6.23. The lowest BCUT2D eigenvalue weighted by Crippen LogP contribution is -2.30. The number of rotatable bonds is 5. The van der Waals surface area contributed by atoms with Gasteiger partial charge in [0.25, 0.3) is 0 Å². The lowest BCUT2D eigenvalue weighted by molar-refractivity contribution is -0.122. The minimum absolute atomic E-state index is 0.0612. The van der Waals surface area contributed by atoms with E-state index < -0.39 is 5.76 Å². The van der Waals surface area contributed by atoms with Crippen molar-refractivity contribution < 1.29 is 9.21 Å². The molecule has 4 rings (SSSR count). The number of carbonyl (C=O) groups excluding carboxylic acids is 1. The van der Waals surface area contributed by atoms with Crippen LogP contribution in [0.1, 0.15) is 18.5 Å². The first-order valence-corrected chi connectivity index (χ1v) is 8.46. The maximum absolute atomic E-state index is 12.3. The van der Waals surface area contributed by atoms with Gasteiger partial charge in [-0.1, -0.05) is 41.6 Å². The van der Waals surface area contributed by atoms with Gasteiger partial charge in [-0.25, -0.2) is 9.48 Å².